The lowest BCUT2D eigenvalue weighted by Crippen LogP contribution is -2.44. The summed E-state index contributed by atoms with van der Waals surface area (Å²) in [5.74, 6) is 0.0598. The third-order valence-corrected chi connectivity index (χ3v) is 4.64. The molecular weight excluding hydrogens is 296 g/mol. The van der Waals surface area contributed by atoms with Crippen molar-refractivity contribution in [2.24, 2.45) is 0 Å². The topological polar surface area (TPSA) is 33.2 Å². The van der Waals surface area contributed by atoms with Gasteiger partial charge in [0.05, 0.1) is 17.1 Å². The molecule has 24 heavy (non-hydrogen) atoms. The molecule has 1 unspecified atom stereocenters. The van der Waals surface area contributed by atoms with Gasteiger partial charge in [0.15, 0.2) is 0 Å². The van der Waals surface area contributed by atoms with Crippen molar-refractivity contribution >= 4 is 16.8 Å². The molecule has 0 saturated carbocycles. The Balaban J connectivity index is 2.05. The van der Waals surface area contributed by atoms with Crippen molar-refractivity contribution in [3.8, 4) is 0 Å². The predicted molar refractivity (Wildman–Crippen MR) is 96.0 cm³/mol. The van der Waals surface area contributed by atoms with Crippen molar-refractivity contribution in [3.05, 3.63) is 77.5 Å². The molecule has 2 aromatic carbocycles. The van der Waals surface area contributed by atoms with Gasteiger partial charge in [-0.2, -0.15) is 0 Å². The highest BCUT2D eigenvalue weighted by molar-refractivity contribution is 6.05. The van der Waals surface area contributed by atoms with E-state index in [-0.39, 0.29) is 17.5 Å². The van der Waals surface area contributed by atoms with Crippen molar-refractivity contribution in [3.63, 3.8) is 0 Å². The van der Waals surface area contributed by atoms with Crippen LogP contribution in [0.1, 0.15) is 48.3 Å². The van der Waals surface area contributed by atoms with Crippen molar-refractivity contribution in [2.75, 3.05) is 0 Å². The second kappa shape index (κ2) is 5.17. The molecule has 120 valence electrons. The summed E-state index contributed by atoms with van der Waals surface area (Å²) in [7, 11) is 0. The number of pyridine rings is 1. The minimum Gasteiger partial charge on any atom is -0.323 e. The molecule has 0 aliphatic carbocycles. The molecule has 3 aromatic rings. The van der Waals surface area contributed by atoms with Crippen LogP contribution in [0, 0.1) is 0 Å². The van der Waals surface area contributed by atoms with E-state index >= 15 is 0 Å². The largest absolute Gasteiger partial charge is 0.323 e. The Morgan fingerprint density at radius 2 is 1.62 bits per heavy atom. The summed E-state index contributed by atoms with van der Waals surface area (Å²) in [6.45, 7) is 6.26. The van der Waals surface area contributed by atoms with Gasteiger partial charge in [0.2, 0.25) is 0 Å². The van der Waals surface area contributed by atoms with Gasteiger partial charge in [-0.1, -0.05) is 48.5 Å². The van der Waals surface area contributed by atoms with Crippen LogP contribution in [0.4, 0.5) is 0 Å². The van der Waals surface area contributed by atoms with Gasteiger partial charge in [-0.3, -0.25) is 9.78 Å². The molecule has 3 nitrogen and oxygen atoms in total. The number of hydrogen-bond donors (Lipinski definition) is 0. The number of para-hydroxylation sites is 1. The highest BCUT2D eigenvalue weighted by atomic mass is 16.2. The fourth-order valence-electron chi connectivity index (χ4n) is 3.65. The van der Waals surface area contributed by atoms with Crippen molar-refractivity contribution in [1.29, 1.82) is 0 Å². The van der Waals surface area contributed by atoms with E-state index < -0.39 is 0 Å². The Hall–Kier alpha value is -2.68. The second-order valence-electron chi connectivity index (χ2n) is 7.26. The Morgan fingerprint density at radius 1 is 0.958 bits per heavy atom. The first-order chi connectivity index (χ1) is 11.5. The van der Waals surface area contributed by atoms with E-state index in [1.165, 1.54) is 0 Å². The van der Waals surface area contributed by atoms with E-state index in [1.807, 2.05) is 41.3 Å². The fourth-order valence-corrected chi connectivity index (χ4v) is 3.65. The van der Waals surface area contributed by atoms with Gasteiger partial charge in [-0.05, 0) is 32.4 Å². The molecule has 0 spiro atoms. The number of nitrogens with zero attached hydrogens (tertiary/aromatic N) is 2. The monoisotopic (exact) mass is 316 g/mol. The van der Waals surface area contributed by atoms with Crippen LogP contribution in [-0.2, 0) is 0 Å². The van der Waals surface area contributed by atoms with E-state index in [9.17, 15) is 4.79 Å². The zero-order chi connectivity index (χ0) is 16.9. The van der Waals surface area contributed by atoms with Crippen LogP contribution < -0.4 is 0 Å². The molecule has 1 aromatic heterocycles. The molecule has 2 heterocycles. The summed E-state index contributed by atoms with van der Waals surface area (Å²) < 4.78 is 0. The minimum absolute atomic E-state index is 0.0598. The Kier molecular flexibility index (Phi) is 3.20. The summed E-state index contributed by atoms with van der Waals surface area (Å²) in [6.07, 6.45) is 1.74. The molecular formula is C21H20N2O. The number of aromatic nitrogens is 1. The molecule has 1 atom stereocenters. The van der Waals surface area contributed by atoms with Crippen LogP contribution in [0.5, 0.6) is 0 Å². The first kappa shape index (κ1) is 14.9. The number of benzene rings is 2. The van der Waals surface area contributed by atoms with Gasteiger partial charge in [-0.15, -0.1) is 0 Å². The number of carbonyl (C=O) groups excluding carboxylic acids is 1. The molecule has 0 radical (unpaired) electrons. The molecule has 0 saturated heterocycles. The Labute approximate surface area is 141 Å². The lowest BCUT2D eigenvalue weighted by molar-refractivity contribution is 0.0552. The third kappa shape index (κ3) is 2.12. The number of hydrogen-bond acceptors (Lipinski definition) is 2. The normalized spacial score (nSPS) is 17.4. The molecule has 1 aliphatic heterocycles. The number of carbonyl (C=O) groups is 1. The minimum atomic E-state index is -0.280. The van der Waals surface area contributed by atoms with Gasteiger partial charge < -0.3 is 4.90 Å². The summed E-state index contributed by atoms with van der Waals surface area (Å²) in [4.78, 5) is 19.6. The lowest BCUT2D eigenvalue weighted by atomic mass is 9.93. The summed E-state index contributed by atoms with van der Waals surface area (Å²) >= 11 is 0. The first-order valence-corrected chi connectivity index (χ1v) is 8.25. The van der Waals surface area contributed by atoms with Crippen LogP contribution in [0.15, 0.2) is 60.8 Å². The third-order valence-electron chi connectivity index (χ3n) is 4.64. The van der Waals surface area contributed by atoms with Crippen molar-refractivity contribution in [2.45, 2.75) is 32.4 Å². The number of rotatable bonds is 1. The molecule has 1 aliphatic rings. The van der Waals surface area contributed by atoms with E-state index in [0.717, 1.165) is 27.6 Å². The van der Waals surface area contributed by atoms with Gasteiger partial charge >= 0.3 is 0 Å². The van der Waals surface area contributed by atoms with Crippen LogP contribution in [0.3, 0.4) is 0 Å². The second-order valence-corrected chi connectivity index (χ2v) is 7.26. The summed E-state index contributed by atoms with van der Waals surface area (Å²) in [5, 5.41) is 1.06. The van der Waals surface area contributed by atoms with Gasteiger partial charge in [0.1, 0.15) is 0 Å². The number of amides is 1. The smallest absolute Gasteiger partial charge is 0.257 e. The maximum Gasteiger partial charge on any atom is 0.257 e. The molecule has 0 fully saturated rings. The SMILES string of the molecule is CC(C)(C)N1C(=O)c2cnc3ccccc3c2C1c1ccccc1. The predicted octanol–water partition coefficient (Wildman–Crippen LogP) is 4.58. The quantitative estimate of drug-likeness (QED) is 0.658. The van der Waals surface area contributed by atoms with Crippen LogP contribution in [0.25, 0.3) is 10.9 Å². The average Bonchev–Trinajstić information content (AvgIpc) is 2.89. The van der Waals surface area contributed by atoms with Crippen LogP contribution in [0.2, 0.25) is 0 Å². The molecule has 1 amide bonds. The summed E-state index contributed by atoms with van der Waals surface area (Å²) in [6, 6.07) is 18.2. The van der Waals surface area contributed by atoms with E-state index in [4.69, 9.17) is 0 Å². The van der Waals surface area contributed by atoms with E-state index in [0.29, 0.717) is 0 Å². The molecule has 0 bridgehead atoms. The Morgan fingerprint density at radius 3 is 2.33 bits per heavy atom. The maximum absolute atomic E-state index is 13.2. The van der Waals surface area contributed by atoms with Crippen LogP contribution in [-0.4, -0.2) is 21.3 Å². The van der Waals surface area contributed by atoms with Gasteiger partial charge in [0, 0.05) is 22.7 Å². The first-order valence-electron chi connectivity index (χ1n) is 8.25. The Bertz CT molecular complexity index is 925. The maximum atomic E-state index is 13.2. The van der Waals surface area contributed by atoms with E-state index in [2.05, 4.69) is 44.0 Å². The molecule has 4 rings (SSSR count). The molecule has 3 heteroatoms. The van der Waals surface area contributed by atoms with Crippen molar-refractivity contribution in [1.82, 2.24) is 9.88 Å². The fraction of sp³-hybridized carbons (Fsp3) is 0.238. The standard InChI is InChI=1S/C21H20N2O/c1-21(2,3)23-19(14-9-5-4-6-10-14)18-15-11-7-8-12-17(15)22-13-16(18)20(23)24/h4-13,19H,1-3H3. The van der Waals surface area contributed by atoms with Crippen molar-refractivity contribution < 1.29 is 4.79 Å². The van der Waals surface area contributed by atoms with Gasteiger partial charge in [0.25, 0.3) is 5.91 Å². The zero-order valence-electron chi connectivity index (χ0n) is 14.2. The highest BCUT2D eigenvalue weighted by Crippen LogP contribution is 2.44. The summed E-state index contributed by atoms with van der Waals surface area (Å²) in [5.41, 5.74) is 3.58. The highest BCUT2D eigenvalue weighted by Gasteiger charge is 2.44. The molecule has 0 N–H and O–H groups in total. The zero-order valence-corrected chi connectivity index (χ0v) is 14.2. The number of fused-ring (bicyclic) bond motifs is 3. The van der Waals surface area contributed by atoms with Crippen LogP contribution >= 0.6 is 0 Å². The van der Waals surface area contributed by atoms with Gasteiger partial charge in [-0.25, -0.2) is 0 Å². The average molecular weight is 316 g/mol. The van der Waals surface area contributed by atoms with E-state index in [1.54, 1.807) is 6.20 Å². The lowest BCUT2D eigenvalue weighted by Gasteiger charge is -2.37.